The molecule has 0 atom stereocenters. The molecule has 0 spiro atoms. The minimum Gasteiger partial charge on any atom is -0.358 e. The Morgan fingerprint density at radius 1 is 1.20 bits per heavy atom. The van der Waals surface area contributed by atoms with Gasteiger partial charge in [0.05, 0.1) is 6.42 Å². The molecule has 3 aromatic rings. The molecule has 2 aromatic heterocycles. The molecule has 1 aromatic carbocycles. The van der Waals surface area contributed by atoms with E-state index in [9.17, 15) is 9.18 Å². The van der Waals surface area contributed by atoms with Crippen LogP contribution < -0.4 is 0 Å². The van der Waals surface area contributed by atoms with Crippen LogP contribution in [-0.4, -0.2) is 33.9 Å². The summed E-state index contributed by atoms with van der Waals surface area (Å²) in [4.78, 5) is 22.0. The van der Waals surface area contributed by atoms with E-state index in [1.54, 1.807) is 18.3 Å². The van der Waals surface area contributed by atoms with Gasteiger partial charge in [0.15, 0.2) is 0 Å². The molecule has 25 heavy (non-hydrogen) atoms. The third-order valence-corrected chi connectivity index (χ3v) is 5.00. The SMILES string of the molecule is O=C(Cc1ccc(F)cc1)N1CCC(c2cc3cnccc3[nH]2)CC1. The van der Waals surface area contributed by atoms with Gasteiger partial charge in [-0.1, -0.05) is 12.1 Å². The number of carbonyl (C=O) groups is 1. The Balaban J connectivity index is 1.37. The van der Waals surface area contributed by atoms with Crippen molar-refractivity contribution in [2.24, 2.45) is 0 Å². The summed E-state index contributed by atoms with van der Waals surface area (Å²) in [5.74, 6) is 0.290. The Bertz CT molecular complexity index is 846. The summed E-state index contributed by atoms with van der Waals surface area (Å²) in [5.41, 5.74) is 3.20. The lowest BCUT2D eigenvalue weighted by Crippen LogP contribution is -2.38. The molecule has 4 rings (SSSR count). The van der Waals surface area contributed by atoms with Crippen LogP contribution in [0, 0.1) is 5.82 Å². The highest BCUT2D eigenvalue weighted by Gasteiger charge is 2.24. The van der Waals surface area contributed by atoms with Crippen LogP contribution in [0.1, 0.15) is 30.0 Å². The molecular weight excluding hydrogens is 317 g/mol. The molecule has 1 fully saturated rings. The van der Waals surface area contributed by atoms with Crippen LogP contribution in [0.3, 0.4) is 0 Å². The first-order valence-electron chi connectivity index (χ1n) is 8.64. The van der Waals surface area contributed by atoms with E-state index >= 15 is 0 Å². The highest BCUT2D eigenvalue weighted by atomic mass is 19.1. The quantitative estimate of drug-likeness (QED) is 0.793. The zero-order chi connectivity index (χ0) is 17.2. The van der Waals surface area contributed by atoms with Crippen LogP contribution in [0.25, 0.3) is 10.9 Å². The number of rotatable bonds is 3. The lowest BCUT2D eigenvalue weighted by Gasteiger charge is -2.31. The topological polar surface area (TPSA) is 49.0 Å². The number of fused-ring (bicyclic) bond motifs is 1. The van der Waals surface area contributed by atoms with Crippen molar-refractivity contribution in [2.75, 3.05) is 13.1 Å². The van der Waals surface area contributed by atoms with Gasteiger partial charge in [-0.15, -0.1) is 0 Å². The van der Waals surface area contributed by atoms with Crippen molar-refractivity contribution in [3.05, 3.63) is 65.9 Å². The standard InChI is InChI=1S/C20H20FN3O/c21-17-3-1-14(2-4-17)11-20(25)24-9-6-15(7-10-24)19-12-16-13-22-8-5-18(16)23-19/h1-5,8,12-13,15,23H,6-7,9-11H2. The molecule has 1 N–H and O–H groups in total. The molecule has 0 bridgehead atoms. The van der Waals surface area contributed by atoms with Gasteiger partial charge in [-0.05, 0) is 42.7 Å². The Kier molecular flexibility index (Phi) is 4.22. The second-order valence-corrected chi connectivity index (χ2v) is 6.65. The molecule has 0 aliphatic carbocycles. The number of nitrogens with one attached hydrogen (secondary N) is 1. The second kappa shape index (κ2) is 6.67. The molecule has 4 nitrogen and oxygen atoms in total. The van der Waals surface area contributed by atoms with Crippen LogP contribution in [0.4, 0.5) is 4.39 Å². The van der Waals surface area contributed by atoms with Crippen LogP contribution in [0.5, 0.6) is 0 Å². The molecular formula is C20H20FN3O. The van der Waals surface area contributed by atoms with E-state index in [-0.39, 0.29) is 11.7 Å². The van der Waals surface area contributed by atoms with Crippen LogP contribution in [-0.2, 0) is 11.2 Å². The van der Waals surface area contributed by atoms with E-state index in [4.69, 9.17) is 0 Å². The molecule has 1 aliphatic rings. The van der Waals surface area contributed by atoms with Crippen LogP contribution in [0.15, 0.2) is 48.8 Å². The number of pyridine rings is 1. The summed E-state index contributed by atoms with van der Waals surface area (Å²) in [6, 6.07) is 10.3. The minimum absolute atomic E-state index is 0.117. The maximum absolute atomic E-state index is 13.0. The van der Waals surface area contributed by atoms with E-state index in [0.717, 1.165) is 42.4 Å². The predicted octanol–water partition coefficient (Wildman–Crippen LogP) is 3.65. The van der Waals surface area contributed by atoms with Gasteiger partial charge in [0.2, 0.25) is 5.91 Å². The summed E-state index contributed by atoms with van der Waals surface area (Å²) >= 11 is 0. The Labute approximate surface area is 145 Å². The van der Waals surface area contributed by atoms with E-state index < -0.39 is 0 Å². The molecule has 5 heteroatoms. The molecule has 0 saturated carbocycles. The maximum atomic E-state index is 13.0. The maximum Gasteiger partial charge on any atom is 0.226 e. The first kappa shape index (κ1) is 15.8. The molecule has 0 unspecified atom stereocenters. The van der Waals surface area contributed by atoms with Gasteiger partial charge in [0.1, 0.15) is 5.82 Å². The van der Waals surface area contributed by atoms with Gasteiger partial charge < -0.3 is 9.88 Å². The summed E-state index contributed by atoms with van der Waals surface area (Å²) in [5, 5.41) is 1.13. The van der Waals surface area contributed by atoms with Crippen molar-refractivity contribution in [2.45, 2.75) is 25.2 Å². The molecule has 1 aliphatic heterocycles. The molecule has 0 radical (unpaired) electrons. The number of H-pyrrole nitrogens is 1. The Morgan fingerprint density at radius 3 is 2.68 bits per heavy atom. The monoisotopic (exact) mass is 337 g/mol. The summed E-state index contributed by atoms with van der Waals surface area (Å²) < 4.78 is 13.0. The largest absolute Gasteiger partial charge is 0.358 e. The molecule has 3 heterocycles. The van der Waals surface area contributed by atoms with E-state index in [2.05, 4.69) is 16.0 Å². The fourth-order valence-electron chi connectivity index (χ4n) is 3.54. The van der Waals surface area contributed by atoms with Crippen LogP contribution in [0.2, 0.25) is 0 Å². The summed E-state index contributed by atoms with van der Waals surface area (Å²) in [6.45, 7) is 1.52. The number of amides is 1. The molecule has 128 valence electrons. The normalized spacial score (nSPS) is 15.6. The third kappa shape index (κ3) is 3.40. The predicted molar refractivity (Wildman–Crippen MR) is 94.8 cm³/mol. The first-order chi connectivity index (χ1) is 12.2. The van der Waals surface area contributed by atoms with Crippen molar-refractivity contribution in [1.82, 2.24) is 14.9 Å². The summed E-state index contributed by atoms with van der Waals surface area (Å²) in [6.07, 6.45) is 5.91. The highest BCUT2D eigenvalue weighted by molar-refractivity contribution is 5.80. The van der Waals surface area contributed by atoms with Crippen molar-refractivity contribution in [1.29, 1.82) is 0 Å². The number of carbonyl (C=O) groups excluding carboxylic acids is 1. The Hall–Kier alpha value is -2.69. The first-order valence-corrected chi connectivity index (χ1v) is 8.64. The number of piperidine rings is 1. The van der Waals surface area contributed by atoms with Gasteiger partial charge in [-0.25, -0.2) is 4.39 Å². The van der Waals surface area contributed by atoms with Gasteiger partial charge in [0, 0.05) is 48.0 Å². The van der Waals surface area contributed by atoms with E-state index in [0.29, 0.717) is 12.3 Å². The lowest BCUT2D eigenvalue weighted by atomic mass is 9.93. The van der Waals surface area contributed by atoms with Gasteiger partial charge in [0.25, 0.3) is 0 Å². The second-order valence-electron chi connectivity index (χ2n) is 6.65. The third-order valence-electron chi connectivity index (χ3n) is 5.00. The highest BCUT2D eigenvalue weighted by Crippen LogP contribution is 2.29. The summed E-state index contributed by atoms with van der Waals surface area (Å²) in [7, 11) is 0. The fourth-order valence-corrected chi connectivity index (χ4v) is 3.54. The lowest BCUT2D eigenvalue weighted by molar-refractivity contribution is -0.131. The molecule has 1 amide bonds. The zero-order valence-corrected chi connectivity index (χ0v) is 13.9. The average Bonchev–Trinajstić information content (AvgIpc) is 3.08. The van der Waals surface area contributed by atoms with E-state index in [1.807, 2.05) is 17.2 Å². The number of benzene rings is 1. The van der Waals surface area contributed by atoms with E-state index in [1.165, 1.54) is 17.8 Å². The minimum atomic E-state index is -0.273. The fraction of sp³-hybridized carbons (Fsp3) is 0.300. The zero-order valence-electron chi connectivity index (χ0n) is 13.9. The number of likely N-dealkylation sites (tertiary alicyclic amines) is 1. The van der Waals surface area contributed by atoms with Gasteiger partial charge in [-0.2, -0.15) is 0 Å². The Morgan fingerprint density at radius 2 is 1.96 bits per heavy atom. The van der Waals surface area contributed by atoms with Gasteiger partial charge >= 0.3 is 0 Å². The smallest absolute Gasteiger partial charge is 0.226 e. The number of hydrogen-bond donors (Lipinski definition) is 1. The number of aromatic amines is 1. The van der Waals surface area contributed by atoms with Gasteiger partial charge in [-0.3, -0.25) is 9.78 Å². The van der Waals surface area contributed by atoms with Crippen molar-refractivity contribution < 1.29 is 9.18 Å². The number of hydrogen-bond acceptors (Lipinski definition) is 2. The van der Waals surface area contributed by atoms with Crippen molar-refractivity contribution >= 4 is 16.8 Å². The van der Waals surface area contributed by atoms with Crippen molar-refractivity contribution in [3.63, 3.8) is 0 Å². The average molecular weight is 337 g/mol. The number of aromatic nitrogens is 2. The number of nitrogens with zero attached hydrogens (tertiary/aromatic N) is 2. The molecule has 1 saturated heterocycles. The van der Waals surface area contributed by atoms with Crippen molar-refractivity contribution in [3.8, 4) is 0 Å². The number of halogens is 1. The van der Waals surface area contributed by atoms with Crippen LogP contribution >= 0.6 is 0 Å².